The van der Waals surface area contributed by atoms with Gasteiger partial charge in [0.1, 0.15) is 0 Å². The predicted octanol–water partition coefficient (Wildman–Crippen LogP) is 4.46. The molecule has 13 heavy (non-hydrogen) atoms. The van der Waals surface area contributed by atoms with Crippen LogP contribution in [0.4, 0.5) is 3.89 Å². The molecule has 1 heterocycles. The summed E-state index contributed by atoms with van der Waals surface area (Å²) in [4.78, 5) is 0.656. The van der Waals surface area contributed by atoms with Crippen LogP contribution in [0.5, 0.6) is 0 Å². The summed E-state index contributed by atoms with van der Waals surface area (Å²) in [5.41, 5.74) is 1.12. The molecule has 0 spiro atoms. The number of rotatable bonds is 2. The fraction of sp³-hybridized carbons (Fsp3) is 0. The normalized spacial score (nSPS) is 10.9. The average molecular weight is 325 g/mol. The Balaban J connectivity index is 2.61. The van der Waals surface area contributed by atoms with Gasteiger partial charge in [-0.05, 0) is 24.3 Å². The summed E-state index contributed by atoms with van der Waals surface area (Å²) in [6.45, 7) is 0. The molecular formula is C8H5FINS2. The SMILES string of the molecule is FSc1ccc2c(ccn2SI)c1. The van der Waals surface area contributed by atoms with Crippen molar-refractivity contribution in [2.75, 3.05) is 0 Å². The molecule has 68 valence electrons. The van der Waals surface area contributed by atoms with E-state index in [1.165, 1.54) is 0 Å². The molecule has 2 rings (SSSR count). The van der Waals surface area contributed by atoms with Gasteiger partial charge in [-0.2, -0.15) is 3.89 Å². The second-order valence-electron chi connectivity index (χ2n) is 2.51. The van der Waals surface area contributed by atoms with Crippen molar-refractivity contribution in [2.45, 2.75) is 4.90 Å². The molecule has 0 fully saturated rings. The molecule has 0 aliphatic carbocycles. The van der Waals surface area contributed by atoms with Gasteiger partial charge in [-0.15, -0.1) is 0 Å². The Morgan fingerprint density at radius 1 is 1.31 bits per heavy atom. The second kappa shape index (κ2) is 4.10. The Labute approximate surface area is 96.1 Å². The van der Waals surface area contributed by atoms with Crippen LogP contribution in [0.2, 0.25) is 0 Å². The highest BCUT2D eigenvalue weighted by atomic mass is 127. The first kappa shape index (κ1) is 9.67. The summed E-state index contributed by atoms with van der Waals surface area (Å²) >= 11 is 2.50. The van der Waals surface area contributed by atoms with Gasteiger partial charge in [0.15, 0.2) is 0 Å². The molecule has 0 aliphatic rings. The molecule has 5 heteroatoms. The van der Waals surface area contributed by atoms with Gasteiger partial charge >= 0.3 is 0 Å². The van der Waals surface area contributed by atoms with E-state index in [1.807, 2.05) is 28.4 Å². The monoisotopic (exact) mass is 325 g/mol. The lowest BCUT2D eigenvalue weighted by atomic mass is 10.2. The largest absolute Gasteiger partial charge is 0.283 e. The molecular weight excluding hydrogens is 320 g/mol. The van der Waals surface area contributed by atoms with E-state index in [0.29, 0.717) is 4.90 Å². The van der Waals surface area contributed by atoms with Crippen molar-refractivity contribution in [1.82, 2.24) is 3.97 Å². The van der Waals surface area contributed by atoms with Crippen LogP contribution < -0.4 is 0 Å². The number of benzene rings is 1. The van der Waals surface area contributed by atoms with Crippen molar-refractivity contribution in [2.24, 2.45) is 0 Å². The molecule has 0 aliphatic heterocycles. The van der Waals surface area contributed by atoms with E-state index in [2.05, 4.69) is 21.2 Å². The number of halogens is 2. The van der Waals surface area contributed by atoms with Gasteiger partial charge in [0.05, 0.1) is 17.7 Å². The molecule has 0 unspecified atom stereocenters. The van der Waals surface area contributed by atoms with Crippen LogP contribution in [0, 0.1) is 0 Å². The minimum atomic E-state index is 0.283. The minimum Gasteiger partial charge on any atom is -0.283 e. The molecule has 0 N–H and O–H groups in total. The molecule has 1 aromatic heterocycles. The first-order chi connectivity index (χ1) is 6.35. The highest BCUT2D eigenvalue weighted by Crippen LogP contribution is 2.28. The van der Waals surface area contributed by atoms with Crippen molar-refractivity contribution in [3.8, 4) is 0 Å². The summed E-state index contributed by atoms with van der Waals surface area (Å²) in [6.07, 6.45) is 1.98. The lowest BCUT2D eigenvalue weighted by Crippen LogP contribution is -1.77. The van der Waals surface area contributed by atoms with E-state index in [9.17, 15) is 3.89 Å². The van der Waals surface area contributed by atoms with E-state index in [4.69, 9.17) is 0 Å². The molecule has 0 saturated carbocycles. The Morgan fingerprint density at radius 3 is 2.85 bits per heavy atom. The van der Waals surface area contributed by atoms with E-state index in [0.717, 1.165) is 10.9 Å². The molecule has 0 bridgehead atoms. The van der Waals surface area contributed by atoms with Crippen LogP contribution >= 0.6 is 42.5 Å². The molecule has 0 atom stereocenters. The maximum Gasteiger partial charge on any atom is 0.0812 e. The third-order valence-corrected chi connectivity index (χ3v) is 3.96. The van der Waals surface area contributed by atoms with Crippen LogP contribution in [0.25, 0.3) is 10.9 Å². The third kappa shape index (κ3) is 1.82. The van der Waals surface area contributed by atoms with Crippen LogP contribution in [0.15, 0.2) is 35.4 Å². The lowest BCUT2D eigenvalue weighted by molar-refractivity contribution is 0.934. The summed E-state index contributed by atoms with van der Waals surface area (Å²) in [7, 11) is 1.60. The molecule has 1 aromatic carbocycles. The van der Waals surface area contributed by atoms with Crippen molar-refractivity contribution in [3.63, 3.8) is 0 Å². The van der Waals surface area contributed by atoms with Gasteiger partial charge in [-0.3, -0.25) is 3.97 Å². The van der Waals surface area contributed by atoms with Gasteiger partial charge in [-0.1, -0.05) is 0 Å². The van der Waals surface area contributed by atoms with Gasteiger partial charge in [-0.25, -0.2) is 0 Å². The van der Waals surface area contributed by atoms with Crippen LogP contribution in [0.1, 0.15) is 0 Å². The fourth-order valence-electron chi connectivity index (χ4n) is 1.20. The predicted molar refractivity (Wildman–Crippen MR) is 65.9 cm³/mol. The highest BCUT2D eigenvalue weighted by molar-refractivity contribution is 14.2. The maximum absolute atomic E-state index is 12.2. The van der Waals surface area contributed by atoms with Crippen LogP contribution in [-0.2, 0) is 0 Å². The van der Waals surface area contributed by atoms with Crippen molar-refractivity contribution in [3.05, 3.63) is 30.5 Å². The number of aromatic nitrogens is 1. The van der Waals surface area contributed by atoms with Gasteiger partial charge in [0, 0.05) is 46.8 Å². The zero-order chi connectivity index (χ0) is 9.26. The standard InChI is InChI=1S/C8H5FINS2/c9-12-7-1-2-8-6(5-7)3-4-11(8)13-10/h1-5H. The number of nitrogens with zero attached hydrogens (tertiary/aromatic N) is 1. The Bertz CT molecular complexity index is 429. The Morgan fingerprint density at radius 2 is 2.15 bits per heavy atom. The van der Waals surface area contributed by atoms with Gasteiger partial charge in [0.2, 0.25) is 0 Å². The zero-order valence-corrected chi connectivity index (χ0v) is 10.2. The van der Waals surface area contributed by atoms with Crippen molar-refractivity contribution < 1.29 is 3.89 Å². The van der Waals surface area contributed by atoms with Gasteiger partial charge in [0.25, 0.3) is 0 Å². The fourth-order valence-corrected chi connectivity index (χ4v) is 2.87. The smallest absolute Gasteiger partial charge is 0.0812 e. The summed E-state index contributed by atoms with van der Waals surface area (Å²) in [5, 5.41) is 1.08. The minimum absolute atomic E-state index is 0.283. The van der Waals surface area contributed by atoms with Crippen LogP contribution in [0.3, 0.4) is 0 Å². The second-order valence-corrected chi connectivity index (χ2v) is 4.85. The number of hydrogen-bond acceptors (Lipinski definition) is 2. The third-order valence-electron chi connectivity index (χ3n) is 1.79. The van der Waals surface area contributed by atoms with Crippen LogP contribution in [-0.4, -0.2) is 3.97 Å². The van der Waals surface area contributed by atoms with E-state index in [-0.39, 0.29) is 12.1 Å². The maximum atomic E-state index is 12.2. The topological polar surface area (TPSA) is 4.93 Å². The quantitative estimate of drug-likeness (QED) is 0.751. The van der Waals surface area contributed by atoms with E-state index < -0.39 is 0 Å². The Kier molecular flexibility index (Phi) is 3.05. The van der Waals surface area contributed by atoms with Gasteiger partial charge < -0.3 is 0 Å². The van der Waals surface area contributed by atoms with Crippen molar-refractivity contribution >= 4 is 53.4 Å². The molecule has 1 nitrogen and oxygen atoms in total. The Hall–Kier alpha value is 0.120. The lowest BCUT2D eigenvalue weighted by Gasteiger charge is -1.97. The zero-order valence-electron chi connectivity index (χ0n) is 6.41. The first-order valence-electron chi connectivity index (χ1n) is 3.54. The summed E-state index contributed by atoms with van der Waals surface area (Å²) in [5.74, 6) is 0. The van der Waals surface area contributed by atoms with E-state index in [1.54, 1.807) is 15.2 Å². The first-order valence-corrected chi connectivity index (χ1v) is 7.57. The average Bonchev–Trinajstić information content (AvgIpc) is 2.59. The summed E-state index contributed by atoms with van der Waals surface area (Å²) < 4.78 is 14.3. The van der Waals surface area contributed by atoms with Crippen molar-refractivity contribution in [1.29, 1.82) is 0 Å². The number of hydrogen-bond donors (Lipinski definition) is 0. The molecule has 2 aromatic rings. The highest BCUT2D eigenvalue weighted by Gasteiger charge is 2.01. The molecule has 0 saturated heterocycles. The number of fused-ring (bicyclic) bond motifs is 1. The summed E-state index contributed by atoms with van der Waals surface area (Å²) in [6, 6.07) is 7.56. The molecule has 0 amide bonds. The molecule has 0 radical (unpaired) electrons. The van der Waals surface area contributed by atoms with E-state index >= 15 is 0 Å².